The third-order valence-electron chi connectivity index (χ3n) is 0. The minimum atomic E-state index is 0.569. The fourth-order valence-electron chi connectivity index (χ4n) is 0. The summed E-state index contributed by atoms with van der Waals surface area (Å²) in [5.41, 5.74) is 0. The molecule has 0 nitrogen and oxygen atoms in total. The zero-order chi connectivity index (χ0) is 4.71. The number of hydrogen-bond donors (Lipinski definition) is 0. The Bertz CT molecular complexity index is 6.85. The molecule has 0 aliphatic carbocycles. The van der Waals surface area contributed by atoms with Crippen LogP contribution < -0.4 is 0 Å². The summed E-state index contributed by atoms with van der Waals surface area (Å²) in [6, 6.07) is 0. The van der Waals surface area contributed by atoms with Crippen molar-refractivity contribution in [2.75, 3.05) is 0 Å². The van der Waals surface area contributed by atoms with E-state index in [0.717, 1.165) is 0 Å². The molecule has 0 amide bonds. The van der Waals surface area contributed by atoms with E-state index in [1.807, 2.05) is 0 Å². The van der Waals surface area contributed by atoms with E-state index < -0.39 is 0 Å². The molecule has 5 heteroatoms. The third-order valence-corrected chi connectivity index (χ3v) is 0. The molecule has 0 rings (SSSR count). The van der Waals surface area contributed by atoms with E-state index in [2.05, 4.69) is 25.0 Å². The fourth-order valence-corrected chi connectivity index (χ4v) is 0. The minimum absolute atomic E-state index is 0.569. The molecule has 0 saturated heterocycles. The number of hydrogen-bond acceptors (Lipinski definition) is 0. The molecule has 0 aliphatic rings. The summed E-state index contributed by atoms with van der Waals surface area (Å²) in [6.07, 6.45) is 0. The van der Waals surface area contributed by atoms with Gasteiger partial charge in [0.25, 0.3) is 0 Å². The second-order valence-electron chi connectivity index (χ2n) is 0.0452. The quantitative estimate of drug-likeness (QED) is 0.552. The van der Waals surface area contributed by atoms with Crippen LogP contribution in [0, 0.1) is 0 Å². The maximum absolute atomic E-state index is 4.70. The standard InChI is InChI=1S/3ClH.Co.Ni/h3*1H;;/q;;;+1;+2/p-3. The van der Waals surface area contributed by atoms with Crippen molar-refractivity contribution in [3.63, 3.8) is 0 Å². The Balaban J connectivity index is 0. The second kappa shape index (κ2) is 16.9. The molecule has 0 N–H and O–H groups in total. The van der Waals surface area contributed by atoms with Crippen molar-refractivity contribution in [2.45, 2.75) is 0 Å². The van der Waals surface area contributed by atoms with Crippen molar-refractivity contribution in [1.29, 1.82) is 0 Å². The first kappa shape index (κ1) is 9.98. The second-order valence-corrected chi connectivity index (χ2v) is 1.68. The van der Waals surface area contributed by atoms with Crippen molar-refractivity contribution in [1.82, 2.24) is 0 Å². The molecule has 0 heterocycles. The average molecular weight is 224 g/mol. The van der Waals surface area contributed by atoms with Crippen LogP contribution in [0.3, 0.4) is 0 Å². The van der Waals surface area contributed by atoms with Crippen LogP contribution in [0.4, 0.5) is 0 Å². The van der Waals surface area contributed by atoms with Crippen molar-refractivity contribution in [3.8, 4) is 0 Å². The van der Waals surface area contributed by atoms with Gasteiger partial charge in [-0.05, 0) is 0 Å². The summed E-state index contributed by atoms with van der Waals surface area (Å²) in [5.74, 6) is 0. The molecule has 0 aromatic rings. The van der Waals surface area contributed by atoms with E-state index in [0.29, 0.717) is 12.7 Å². The Morgan fingerprint density at radius 1 is 1.20 bits per heavy atom. The molecule has 0 aromatic heterocycles. The Morgan fingerprint density at radius 3 is 1.20 bits per heavy atom. The molecule has 0 unspecified atom stereocenters. The van der Waals surface area contributed by atoms with E-state index in [1.165, 1.54) is 0 Å². The molecule has 0 bridgehead atoms. The zero-order valence-corrected chi connectivity index (χ0v) is 6.08. The van der Waals surface area contributed by atoms with Crippen molar-refractivity contribution < 1.29 is 27.5 Å². The molecule has 0 spiro atoms. The van der Waals surface area contributed by atoms with E-state index in [9.17, 15) is 0 Å². The first-order valence-corrected chi connectivity index (χ1v) is 4.52. The van der Waals surface area contributed by atoms with Crippen LogP contribution in [0.25, 0.3) is 0 Å². The summed E-state index contributed by atoms with van der Waals surface area (Å²) >= 11 is 3.60. The number of halogens is 3. The van der Waals surface area contributed by atoms with Crippen molar-refractivity contribution in [3.05, 3.63) is 0 Å². The molecule has 0 fully saturated rings. The van der Waals surface area contributed by atoms with Crippen LogP contribution in [0.1, 0.15) is 0 Å². The van der Waals surface area contributed by atoms with Crippen LogP contribution in [0.15, 0.2) is 0 Å². The molecule has 5 heavy (non-hydrogen) atoms. The molecule has 40 valence electrons. The SMILES string of the molecule is [Cl][Co].[Cl][Ni][Cl]. The summed E-state index contributed by atoms with van der Waals surface area (Å²) in [4.78, 5) is 0. The van der Waals surface area contributed by atoms with Crippen LogP contribution in [-0.2, 0) is 27.5 Å². The predicted octanol–water partition coefficient (Wildman–Crippen LogP) is 2.06. The van der Waals surface area contributed by atoms with E-state index >= 15 is 0 Å². The van der Waals surface area contributed by atoms with E-state index in [1.54, 1.807) is 0 Å². The molecular formula is Cl3CoNi. The van der Waals surface area contributed by atoms with Crippen LogP contribution in [0.5, 0.6) is 0 Å². The van der Waals surface area contributed by atoms with Gasteiger partial charge in [0.15, 0.2) is 0 Å². The number of rotatable bonds is 0. The molecular weight excluding hydrogens is 224 g/mol. The predicted molar refractivity (Wildman–Crippen MR) is 17.6 cm³/mol. The molecule has 0 aliphatic heterocycles. The van der Waals surface area contributed by atoms with Gasteiger partial charge in [0.05, 0.1) is 0 Å². The van der Waals surface area contributed by atoms with Crippen molar-refractivity contribution >= 4 is 30.5 Å². The first-order chi connectivity index (χ1) is 2.41. The van der Waals surface area contributed by atoms with Gasteiger partial charge in [-0.2, -0.15) is 0 Å². The fraction of sp³-hybridized carbons (Fsp3) is 0. The van der Waals surface area contributed by atoms with Crippen molar-refractivity contribution in [2.24, 2.45) is 0 Å². The van der Waals surface area contributed by atoms with Gasteiger partial charge in [-0.3, -0.25) is 0 Å². The van der Waals surface area contributed by atoms with Gasteiger partial charge in [0, 0.05) is 0 Å². The van der Waals surface area contributed by atoms with E-state index in [-0.39, 0.29) is 0 Å². The monoisotopic (exact) mass is 222 g/mol. The Morgan fingerprint density at radius 2 is 1.20 bits per heavy atom. The Labute approximate surface area is 57.7 Å². The molecule has 0 radical (unpaired) electrons. The summed E-state index contributed by atoms with van der Waals surface area (Å²) in [7, 11) is 13.7. The van der Waals surface area contributed by atoms with Crippen LogP contribution in [0.2, 0.25) is 0 Å². The first-order valence-electron chi connectivity index (χ1n) is 0.365. The average Bonchev–Trinajstić information content (AvgIpc) is 1.46. The molecule has 0 atom stereocenters. The van der Waals surface area contributed by atoms with Gasteiger partial charge in [-0.1, -0.05) is 0 Å². The van der Waals surface area contributed by atoms with Gasteiger partial charge < -0.3 is 0 Å². The summed E-state index contributed by atoms with van der Waals surface area (Å²) < 4.78 is 0. The van der Waals surface area contributed by atoms with Gasteiger partial charge in [0.1, 0.15) is 0 Å². The van der Waals surface area contributed by atoms with Crippen LogP contribution in [-0.4, -0.2) is 0 Å². The summed E-state index contributed by atoms with van der Waals surface area (Å²) in [6.45, 7) is 0. The van der Waals surface area contributed by atoms with Gasteiger partial charge in [-0.25, -0.2) is 0 Å². The van der Waals surface area contributed by atoms with Gasteiger partial charge in [-0.15, -0.1) is 0 Å². The van der Waals surface area contributed by atoms with Gasteiger partial charge in [0.2, 0.25) is 0 Å². The van der Waals surface area contributed by atoms with Crippen LogP contribution >= 0.6 is 30.5 Å². The molecule has 0 saturated carbocycles. The normalized spacial score (nSPS) is 5.80. The molecule has 0 aromatic carbocycles. The Kier molecular flexibility index (Phi) is 33.7. The van der Waals surface area contributed by atoms with Gasteiger partial charge >= 0.3 is 58.0 Å². The zero-order valence-electron chi connectivity index (χ0n) is 1.78. The Hall–Kier alpha value is 1.87. The third kappa shape index (κ3) is 25.1. The summed E-state index contributed by atoms with van der Waals surface area (Å²) in [5, 5.41) is 0. The maximum atomic E-state index is 4.70. The van der Waals surface area contributed by atoms with E-state index in [4.69, 9.17) is 20.4 Å². The topological polar surface area (TPSA) is 0 Å².